The van der Waals surface area contributed by atoms with Crippen LogP contribution in [0.15, 0.2) is 60.7 Å². The number of benzene rings is 3. The molecule has 44 heavy (non-hydrogen) atoms. The van der Waals surface area contributed by atoms with Crippen LogP contribution in [0.3, 0.4) is 0 Å². The first-order chi connectivity index (χ1) is 20.6. The zero-order valence-electron chi connectivity index (χ0n) is 23.5. The summed E-state index contributed by atoms with van der Waals surface area (Å²) in [5.74, 6) is -3.64. The molecule has 4 rings (SSSR count). The molecule has 0 aromatic heterocycles. The smallest absolute Gasteiger partial charge is 0.419 e. The third-order valence-electron chi connectivity index (χ3n) is 6.78. The second-order valence-corrected chi connectivity index (χ2v) is 10.1. The Balaban J connectivity index is 1.54. The van der Waals surface area contributed by atoms with Crippen molar-refractivity contribution in [3.63, 3.8) is 0 Å². The van der Waals surface area contributed by atoms with Gasteiger partial charge in [0.2, 0.25) is 0 Å². The van der Waals surface area contributed by atoms with Crippen LogP contribution in [0.5, 0.6) is 0 Å². The van der Waals surface area contributed by atoms with E-state index in [4.69, 9.17) is 0 Å². The highest BCUT2D eigenvalue weighted by Crippen LogP contribution is 2.38. The highest BCUT2D eigenvalue weighted by Gasteiger charge is 2.52. The minimum atomic E-state index is -5.05. The number of nitrogens with one attached hydrogen (secondary N) is 3. The molecule has 0 atom stereocenters. The molecule has 0 radical (unpaired) electrons. The van der Waals surface area contributed by atoms with Crippen molar-refractivity contribution in [2.75, 3.05) is 29.2 Å². The van der Waals surface area contributed by atoms with Crippen molar-refractivity contribution in [2.24, 2.45) is 0 Å². The van der Waals surface area contributed by atoms with E-state index >= 15 is 0 Å². The molecule has 0 unspecified atom stereocenters. The van der Waals surface area contributed by atoms with E-state index in [0.29, 0.717) is 34.0 Å². The summed E-state index contributed by atoms with van der Waals surface area (Å²) in [4.78, 5) is 51.5. The molecule has 10 nitrogen and oxygen atoms in total. The van der Waals surface area contributed by atoms with Crippen LogP contribution in [0.1, 0.15) is 25.0 Å². The van der Waals surface area contributed by atoms with Gasteiger partial charge in [0.15, 0.2) is 0 Å². The topological polar surface area (TPSA) is 120 Å². The third-order valence-corrected chi connectivity index (χ3v) is 6.78. The molecule has 3 N–H and O–H groups in total. The number of amides is 5. The van der Waals surface area contributed by atoms with Crippen molar-refractivity contribution in [3.05, 3.63) is 83.4 Å². The van der Waals surface area contributed by atoms with E-state index in [0.717, 1.165) is 23.1 Å². The van der Waals surface area contributed by atoms with Crippen LogP contribution < -0.4 is 20.9 Å². The van der Waals surface area contributed by atoms with Crippen molar-refractivity contribution in [2.45, 2.75) is 32.1 Å². The summed E-state index contributed by atoms with van der Waals surface area (Å²) in [6.45, 7) is 2.24. The number of nitrogens with zero attached hydrogens (tertiary/aromatic N) is 2. The lowest BCUT2D eigenvalue weighted by Crippen LogP contribution is -2.43. The number of carbonyl (C=O) groups excluding carboxylic acids is 4. The number of alkyl halides is 3. The van der Waals surface area contributed by atoms with Crippen LogP contribution in [-0.2, 0) is 27.0 Å². The van der Waals surface area contributed by atoms with Crippen molar-refractivity contribution >= 4 is 46.7 Å². The molecule has 1 fully saturated rings. The number of carbonyl (C=O) groups is 4. The minimum absolute atomic E-state index is 0.220. The van der Waals surface area contributed by atoms with Crippen LogP contribution in [0, 0.1) is 11.6 Å². The van der Waals surface area contributed by atoms with E-state index in [1.165, 1.54) is 39.2 Å². The lowest BCUT2D eigenvalue weighted by atomic mass is 10.0. The quantitative estimate of drug-likeness (QED) is 0.167. The molecular formula is C29H26F5N5O5. The third kappa shape index (κ3) is 6.71. The van der Waals surface area contributed by atoms with Gasteiger partial charge >= 0.3 is 24.2 Å². The van der Waals surface area contributed by atoms with E-state index in [9.17, 15) is 41.1 Å². The maximum Gasteiger partial charge on any atom is 0.419 e. The van der Waals surface area contributed by atoms with Gasteiger partial charge in [0, 0.05) is 17.1 Å². The van der Waals surface area contributed by atoms with Crippen molar-refractivity contribution < 1.29 is 45.9 Å². The number of rotatable bonds is 8. The molecule has 1 aliphatic heterocycles. The van der Waals surface area contributed by atoms with Gasteiger partial charge in [-0.15, -0.1) is 0 Å². The monoisotopic (exact) mass is 619 g/mol. The number of methoxy groups -OCH3 is 1. The first kappa shape index (κ1) is 31.7. The zero-order chi connectivity index (χ0) is 32.4. The molecule has 5 amide bonds. The van der Waals surface area contributed by atoms with Gasteiger partial charge in [-0.3, -0.25) is 9.59 Å². The number of hydrogen-bond acceptors (Lipinski definition) is 6. The largest absolute Gasteiger partial charge is 0.468 e. The SMILES string of the molecule is COC(=O)CNC(=O)Nc1ccc(Nc2cc(F)ccc2CN2C(=O)N(c3ccc(F)c(C(F)(F)F)c3)C(=O)C2(C)C)cc1. The van der Waals surface area contributed by atoms with E-state index in [1.807, 2.05) is 0 Å². The average molecular weight is 620 g/mol. The summed E-state index contributed by atoms with van der Waals surface area (Å²) >= 11 is 0. The predicted octanol–water partition coefficient (Wildman–Crippen LogP) is 5.77. The summed E-state index contributed by atoms with van der Waals surface area (Å²) < 4.78 is 72.5. The molecule has 0 bridgehead atoms. The number of hydrogen-bond donors (Lipinski definition) is 3. The number of esters is 1. The normalized spacial score (nSPS) is 14.5. The zero-order valence-corrected chi connectivity index (χ0v) is 23.5. The van der Waals surface area contributed by atoms with Crippen LogP contribution >= 0.6 is 0 Å². The first-order valence-electron chi connectivity index (χ1n) is 12.9. The molecular weight excluding hydrogens is 593 g/mol. The molecule has 3 aromatic rings. The predicted molar refractivity (Wildman–Crippen MR) is 149 cm³/mol. The van der Waals surface area contributed by atoms with Crippen LogP contribution in [0.4, 0.5) is 54.3 Å². The Bertz CT molecular complexity index is 1610. The Labute approximate surface area is 247 Å². The van der Waals surface area contributed by atoms with Crippen molar-refractivity contribution in [1.82, 2.24) is 10.2 Å². The number of anilines is 4. The highest BCUT2D eigenvalue weighted by molar-refractivity contribution is 6.23. The Morgan fingerprint density at radius 2 is 1.59 bits per heavy atom. The molecule has 232 valence electrons. The second-order valence-electron chi connectivity index (χ2n) is 10.1. The van der Waals surface area contributed by atoms with E-state index in [-0.39, 0.29) is 18.8 Å². The van der Waals surface area contributed by atoms with Gasteiger partial charge in [-0.2, -0.15) is 13.2 Å². The van der Waals surface area contributed by atoms with Crippen LogP contribution in [-0.4, -0.2) is 48.0 Å². The van der Waals surface area contributed by atoms with Gasteiger partial charge < -0.3 is 25.6 Å². The molecule has 1 aliphatic rings. The maximum atomic E-state index is 14.3. The summed E-state index contributed by atoms with van der Waals surface area (Å²) in [6.07, 6.45) is -5.05. The molecule has 0 saturated carbocycles. The highest BCUT2D eigenvalue weighted by atomic mass is 19.4. The summed E-state index contributed by atoms with van der Waals surface area (Å²) in [6, 6.07) is 10.1. The lowest BCUT2D eigenvalue weighted by Gasteiger charge is -2.28. The maximum absolute atomic E-state index is 14.3. The van der Waals surface area contributed by atoms with Gasteiger partial charge in [0.25, 0.3) is 5.91 Å². The fourth-order valence-electron chi connectivity index (χ4n) is 4.36. The molecule has 0 aliphatic carbocycles. The molecule has 1 heterocycles. The Morgan fingerprint density at radius 3 is 2.23 bits per heavy atom. The molecule has 3 aromatic carbocycles. The van der Waals surface area contributed by atoms with Gasteiger partial charge in [-0.25, -0.2) is 23.3 Å². The van der Waals surface area contributed by atoms with Gasteiger partial charge in [0.05, 0.1) is 24.9 Å². The number of urea groups is 2. The summed E-state index contributed by atoms with van der Waals surface area (Å²) in [5.41, 5.74) is -2.20. The van der Waals surface area contributed by atoms with E-state index in [1.54, 1.807) is 12.1 Å². The molecule has 0 spiro atoms. The minimum Gasteiger partial charge on any atom is -0.468 e. The Morgan fingerprint density at radius 1 is 0.932 bits per heavy atom. The van der Waals surface area contributed by atoms with Gasteiger partial charge in [-0.05, 0) is 74.0 Å². The number of halogens is 5. The fourth-order valence-corrected chi connectivity index (χ4v) is 4.36. The molecule has 1 saturated heterocycles. The van der Waals surface area contributed by atoms with Crippen molar-refractivity contribution in [3.8, 4) is 0 Å². The van der Waals surface area contributed by atoms with Crippen LogP contribution in [0.25, 0.3) is 0 Å². The second kappa shape index (κ2) is 12.2. The van der Waals surface area contributed by atoms with Crippen molar-refractivity contribution in [1.29, 1.82) is 0 Å². The van der Waals surface area contributed by atoms with E-state index < -0.39 is 58.5 Å². The van der Waals surface area contributed by atoms with Crippen LogP contribution in [0.2, 0.25) is 0 Å². The Kier molecular flexibility index (Phi) is 8.78. The lowest BCUT2D eigenvalue weighted by molar-refractivity contribution is -0.140. The fraction of sp³-hybridized carbons (Fsp3) is 0.241. The number of ether oxygens (including phenoxy) is 1. The van der Waals surface area contributed by atoms with E-state index in [2.05, 4.69) is 20.7 Å². The summed E-state index contributed by atoms with van der Waals surface area (Å²) in [7, 11) is 1.18. The number of imide groups is 1. The summed E-state index contributed by atoms with van der Waals surface area (Å²) in [5, 5.41) is 7.85. The van der Waals surface area contributed by atoms with Gasteiger partial charge in [-0.1, -0.05) is 6.07 Å². The van der Waals surface area contributed by atoms with Gasteiger partial charge in [0.1, 0.15) is 23.7 Å². The molecule has 15 heteroatoms. The average Bonchev–Trinajstić information content (AvgIpc) is 3.12. The Hall–Kier alpha value is -5.21. The first-order valence-corrected chi connectivity index (χ1v) is 12.9. The standard InChI is InChI=1S/C29H26F5N5O5/c1-28(2)25(41)39(20-10-11-22(31)21(13-20)29(32,33)34)27(43)38(28)15-16-4-5-17(30)12-23(16)36-18-6-8-19(9-7-18)37-26(42)35-14-24(40)44-3/h4-13,36H,14-15H2,1-3H3,(H2,35,37,42).